The fourth-order valence-corrected chi connectivity index (χ4v) is 6.75. The van der Waals surface area contributed by atoms with Gasteiger partial charge < -0.3 is 5.32 Å². The van der Waals surface area contributed by atoms with Gasteiger partial charge in [-0.15, -0.1) is 0 Å². The van der Waals surface area contributed by atoms with Crippen molar-refractivity contribution >= 4 is 21.6 Å². The van der Waals surface area contributed by atoms with Gasteiger partial charge in [0.15, 0.2) is 9.92 Å². The van der Waals surface area contributed by atoms with Gasteiger partial charge in [-0.1, -0.05) is 16.5 Å². The third-order valence-corrected chi connectivity index (χ3v) is 8.44. The number of nitrogens with zero attached hydrogens (tertiary/aromatic N) is 3. The molecule has 1 aromatic carbocycles. The van der Waals surface area contributed by atoms with Gasteiger partial charge in [0.1, 0.15) is 0 Å². The first-order valence-corrected chi connectivity index (χ1v) is 13.2. The number of nitriles is 1. The Labute approximate surface area is 191 Å². The summed E-state index contributed by atoms with van der Waals surface area (Å²) in [7, 11) is -3.37. The molecule has 7 nitrogen and oxygen atoms in total. The van der Waals surface area contributed by atoms with Crippen molar-refractivity contribution in [3.8, 4) is 6.19 Å². The molecule has 172 valence electrons. The van der Waals surface area contributed by atoms with Crippen LogP contribution in [0.3, 0.4) is 0 Å². The summed E-state index contributed by atoms with van der Waals surface area (Å²) in [5.74, 6) is 0. The van der Waals surface area contributed by atoms with Gasteiger partial charge in [0, 0.05) is 22.7 Å². The molecule has 2 amide bonds. The molecule has 0 saturated carbocycles. The molecule has 1 heterocycles. The predicted molar refractivity (Wildman–Crippen MR) is 127 cm³/mol. The van der Waals surface area contributed by atoms with E-state index in [4.69, 9.17) is 5.26 Å². The van der Waals surface area contributed by atoms with Crippen LogP contribution in [0.4, 0.5) is 10.5 Å². The molecule has 8 heteroatoms. The molecule has 2 aliphatic carbocycles. The normalized spacial score (nSPS) is 24.2. The number of hydrogen-bond donors (Lipinski definition) is 2. The number of benzene rings is 1. The van der Waals surface area contributed by atoms with Crippen LogP contribution < -0.4 is 10.0 Å². The summed E-state index contributed by atoms with van der Waals surface area (Å²) in [5, 5.41) is 13.5. The van der Waals surface area contributed by atoms with Crippen LogP contribution in [0.15, 0.2) is 21.9 Å². The Kier molecular flexibility index (Phi) is 6.33. The number of carbonyl (C=O) groups is 1. The van der Waals surface area contributed by atoms with Crippen LogP contribution in [0.5, 0.6) is 0 Å². The Bertz CT molecular complexity index is 1080. The molecule has 1 aromatic rings. The second-order valence-electron chi connectivity index (χ2n) is 9.60. The number of rotatable bonds is 5. The van der Waals surface area contributed by atoms with Crippen molar-refractivity contribution in [2.45, 2.75) is 83.7 Å². The number of hydrogen-bond acceptors (Lipinski definition) is 5. The van der Waals surface area contributed by atoms with Gasteiger partial charge in [-0.25, -0.2) is 13.7 Å². The summed E-state index contributed by atoms with van der Waals surface area (Å²) in [4.78, 5) is 15.3. The number of carbonyl (C=O) groups excluding carboxylic acids is 1. The van der Waals surface area contributed by atoms with E-state index in [0.29, 0.717) is 6.04 Å². The Morgan fingerprint density at radius 2 is 1.88 bits per heavy atom. The summed E-state index contributed by atoms with van der Waals surface area (Å²) in [6.45, 7) is 7.33. The molecule has 1 unspecified atom stereocenters. The lowest BCUT2D eigenvalue weighted by Crippen LogP contribution is -2.44. The smallest absolute Gasteiger partial charge is 0.307 e. The summed E-state index contributed by atoms with van der Waals surface area (Å²) < 4.78 is 19.5. The molecule has 3 aliphatic rings. The monoisotopic (exact) mass is 455 g/mol. The van der Waals surface area contributed by atoms with Gasteiger partial charge >= 0.3 is 6.03 Å². The van der Waals surface area contributed by atoms with Crippen molar-refractivity contribution in [1.29, 1.82) is 5.26 Å². The molecule has 32 heavy (non-hydrogen) atoms. The van der Waals surface area contributed by atoms with Crippen LogP contribution in [-0.2, 0) is 35.6 Å². The number of fused-ring (bicyclic) bond motifs is 2. The lowest BCUT2D eigenvalue weighted by molar-refractivity contribution is 0.159. The van der Waals surface area contributed by atoms with Crippen molar-refractivity contribution < 1.29 is 9.00 Å². The zero-order valence-electron chi connectivity index (χ0n) is 19.2. The summed E-state index contributed by atoms with van der Waals surface area (Å²) in [6.07, 6.45) is 11.6. The molecule has 4 rings (SSSR count). The van der Waals surface area contributed by atoms with E-state index in [9.17, 15) is 9.00 Å². The lowest BCUT2D eigenvalue weighted by Gasteiger charge is -2.35. The highest BCUT2D eigenvalue weighted by Crippen LogP contribution is 2.38. The summed E-state index contributed by atoms with van der Waals surface area (Å²) in [5.41, 5.74) is 5.62. The molecule has 2 atom stereocenters. The van der Waals surface area contributed by atoms with Gasteiger partial charge in [-0.3, -0.25) is 4.90 Å². The van der Waals surface area contributed by atoms with Crippen LogP contribution in [0.1, 0.15) is 68.7 Å². The quantitative estimate of drug-likeness (QED) is 0.642. The largest absolute Gasteiger partial charge is 0.331 e. The van der Waals surface area contributed by atoms with Crippen LogP contribution in [-0.4, -0.2) is 33.3 Å². The minimum Gasteiger partial charge on any atom is -0.307 e. The molecule has 0 aromatic heterocycles. The fourth-order valence-electron chi connectivity index (χ4n) is 5.66. The maximum Gasteiger partial charge on any atom is 0.331 e. The number of amides is 2. The van der Waals surface area contributed by atoms with Crippen LogP contribution in [0.25, 0.3) is 0 Å². The second-order valence-corrected chi connectivity index (χ2v) is 11.4. The predicted octanol–water partition coefficient (Wildman–Crippen LogP) is 4.43. The van der Waals surface area contributed by atoms with E-state index in [1.807, 2.05) is 6.08 Å². The number of nitrogens with one attached hydrogen (secondary N) is 2. The van der Waals surface area contributed by atoms with Gasteiger partial charge in [0.2, 0.25) is 6.19 Å². The fraction of sp³-hybridized carbons (Fsp3) is 0.583. The molecule has 1 fully saturated rings. The highest BCUT2D eigenvalue weighted by molar-refractivity contribution is 7.95. The first-order valence-electron chi connectivity index (χ1n) is 11.6. The molecular formula is C24H33N5O2S. The Morgan fingerprint density at radius 1 is 1.22 bits per heavy atom. The lowest BCUT2D eigenvalue weighted by atomic mass is 9.98. The highest BCUT2D eigenvalue weighted by Gasteiger charge is 2.36. The zero-order chi connectivity index (χ0) is 22.9. The van der Waals surface area contributed by atoms with E-state index in [-0.39, 0.29) is 5.54 Å². The molecule has 0 spiro atoms. The molecule has 1 saturated heterocycles. The molecule has 1 aliphatic heterocycles. The minimum atomic E-state index is -3.37. The van der Waals surface area contributed by atoms with Crippen molar-refractivity contribution in [2.75, 3.05) is 11.9 Å². The maximum atomic E-state index is 13.4. The molecular weight excluding hydrogens is 422 g/mol. The Morgan fingerprint density at radius 3 is 2.47 bits per heavy atom. The van der Waals surface area contributed by atoms with Crippen LogP contribution >= 0.6 is 0 Å². The first kappa shape index (κ1) is 22.8. The van der Waals surface area contributed by atoms with Crippen molar-refractivity contribution in [1.82, 2.24) is 9.62 Å². The average Bonchev–Trinajstić information content (AvgIpc) is 3.46. The third kappa shape index (κ3) is 4.41. The van der Waals surface area contributed by atoms with E-state index in [1.54, 1.807) is 6.19 Å². The molecule has 2 N–H and O–H groups in total. The minimum absolute atomic E-state index is 0.277. The number of aryl methyl sites for hydroxylation is 2. The standard InChI is InChI=1S/C24H33N5O2S/c1-17(2)29-13-6-11-24(29,3)12-14-32(31,26-16-25)28-23(30)27-22-20-9-4-7-18(20)15-19-8-5-10-21(19)22/h12,14-15,17H,4-11,13H2,1-3H3,(H2,26,27,28,30,31)/b14-12+/t24-,32?/m0/s1. The van der Waals surface area contributed by atoms with Crippen LogP contribution in [0, 0.1) is 11.5 Å². The van der Waals surface area contributed by atoms with Gasteiger partial charge in [0.25, 0.3) is 0 Å². The Balaban J connectivity index is 1.56. The van der Waals surface area contributed by atoms with Gasteiger partial charge in [-0.05, 0) is 101 Å². The van der Waals surface area contributed by atoms with Crippen molar-refractivity contribution in [2.24, 2.45) is 4.36 Å². The topological polar surface area (TPSA) is 97.6 Å². The van der Waals surface area contributed by atoms with E-state index in [2.05, 4.69) is 46.1 Å². The zero-order valence-corrected chi connectivity index (χ0v) is 20.1. The van der Waals surface area contributed by atoms with Gasteiger partial charge in [-0.2, -0.15) is 5.26 Å². The van der Waals surface area contributed by atoms with E-state index in [0.717, 1.165) is 63.6 Å². The van der Waals surface area contributed by atoms with Crippen LogP contribution in [0.2, 0.25) is 0 Å². The Hall–Kier alpha value is -2.37. The SMILES string of the molecule is CC(C)N1CCC[C@@]1(C)/C=C/S(=O)(=NC#N)NC(=O)Nc1c2c(cc3c1CCC3)CCC2. The van der Waals surface area contributed by atoms with E-state index < -0.39 is 15.9 Å². The number of anilines is 1. The molecule has 0 bridgehead atoms. The molecule has 0 radical (unpaired) electrons. The third-order valence-electron chi connectivity index (χ3n) is 7.10. The first-order chi connectivity index (χ1) is 15.2. The van der Waals surface area contributed by atoms with Crippen molar-refractivity contribution in [3.63, 3.8) is 0 Å². The number of likely N-dealkylation sites (tertiary alicyclic amines) is 1. The summed E-state index contributed by atoms with van der Waals surface area (Å²) in [6, 6.07) is 2.06. The second kappa shape index (κ2) is 8.87. The summed E-state index contributed by atoms with van der Waals surface area (Å²) >= 11 is 0. The van der Waals surface area contributed by atoms with E-state index in [1.165, 1.54) is 27.7 Å². The number of urea groups is 1. The average molecular weight is 456 g/mol. The highest BCUT2D eigenvalue weighted by atomic mass is 32.2. The van der Waals surface area contributed by atoms with Gasteiger partial charge in [0.05, 0.1) is 0 Å². The van der Waals surface area contributed by atoms with E-state index >= 15 is 0 Å². The maximum absolute atomic E-state index is 13.4. The van der Waals surface area contributed by atoms with Crippen molar-refractivity contribution in [3.05, 3.63) is 39.8 Å².